The van der Waals surface area contributed by atoms with Crippen molar-refractivity contribution in [2.75, 3.05) is 18.4 Å². The first-order chi connectivity index (χ1) is 20.4. The molecule has 1 aliphatic rings. The third kappa shape index (κ3) is 7.91. The number of piperidine rings is 1. The van der Waals surface area contributed by atoms with Crippen molar-refractivity contribution in [3.8, 4) is 17.2 Å². The van der Waals surface area contributed by atoms with Crippen LogP contribution < -0.4 is 14.8 Å². The van der Waals surface area contributed by atoms with Gasteiger partial charge in [0.25, 0.3) is 0 Å². The number of amides is 1. The van der Waals surface area contributed by atoms with Crippen LogP contribution in [-0.2, 0) is 11.2 Å². The summed E-state index contributed by atoms with van der Waals surface area (Å²) in [6, 6.07) is 28.7. The molecule has 0 aliphatic carbocycles. The van der Waals surface area contributed by atoms with Gasteiger partial charge in [-0.15, -0.1) is 0 Å². The van der Waals surface area contributed by atoms with E-state index in [9.17, 15) is 14.7 Å². The van der Waals surface area contributed by atoms with Crippen molar-refractivity contribution in [3.63, 3.8) is 0 Å². The number of ether oxygens (including phenoxy) is 2. The summed E-state index contributed by atoms with van der Waals surface area (Å²) in [5, 5.41) is 12.0. The minimum Gasteiger partial charge on any atom is -0.490 e. The number of anilines is 1. The molecule has 1 aliphatic heterocycles. The van der Waals surface area contributed by atoms with Gasteiger partial charge < -0.3 is 19.9 Å². The standard InChI is InChI=1S/C33H29N3O5S/c1-34-24-5-4-6-29(22-24)42-36-19-17-28(18-20-36)41-27-15-13-26(14-16-27)40-25-11-9-23(10-12-25)21-32(37)35-31-8-3-2-7-30(31)33(38)39/h2-16,22,28H,17-21H2,(H,35,37)(H,38,39). The third-order valence-corrected chi connectivity index (χ3v) is 7.75. The highest BCUT2D eigenvalue weighted by molar-refractivity contribution is 7.97. The Labute approximate surface area is 248 Å². The summed E-state index contributed by atoms with van der Waals surface area (Å²) >= 11 is 1.69. The summed E-state index contributed by atoms with van der Waals surface area (Å²) < 4.78 is 14.5. The van der Waals surface area contributed by atoms with Gasteiger partial charge >= 0.3 is 5.97 Å². The molecular formula is C33H29N3O5S. The molecule has 0 unspecified atom stereocenters. The number of rotatable bonds is 10. The maximum Gasteiger partial charge on any atom is 0.337 e. The second-order valence-electron chi connectivity index (χ2n) is 9.74. The predicted molar refractivity (Wildman–Crippen MR) is 162 cm³/mol. The summed E-state index contributed by atoms with van der Waals surface area (Å²) in [5.74, 6) is 0.707. The SMILES string of the molecule is [C-]#[N+]c1cccc(SN2CCC(Oc3ccc(Oc4ccc(CC(=O)Nc5ccccc5C(=O)O)cc4)cc3)CC2)c1. The summed E-state index contributed by atoms with van der Waals surface area (Å²) in [4.78, 5) is 28.4. The van der Waals surface area contributed by atoms with Gasteiger partial charge in [-0.2, -0.15) is 0 Å². The Morgan fingerprint density at radius 2 is 1.57 bits per heavy atom. The Morgan fingerprint density at radius 1 is 0.905 bits per heavy atom. The zero-order valence-corrected chi connectivity index (χ0v) is 23.5. The van der Waals surface area contributed by atoms with Crippen molar-refractivity contribution in [1.29, 1.82) is 0 Å². The van der Waals surface area contributed by atoms with Gasteiger partial charge in [-0.1, -0.05) is 36.4 Å². The Bertz CT molecular complexity index is 1580. The third-order valence-electron chi connectivity index (χ3n) is 6.66. The van der Waals surface area contributed by atoms with Crippen molar-refractivity contribution < 1.29 is 24.2 Å². The number of aromatic carboxylic acids is 1. The first-order valence-corrected chi connectivity index (χ1v) is 14.3. The number of carbonyl (C=O) groups is 2. The summed E-state index contributed by atoms with van der Waals surface area (Å²) in [5.41, 5.74) is 1.75. The Hall–Kier alpha value is -4.78. The number of carboxylic acids is 1. The van der Waals surface area contributed by atoms with E-state index >= 15 is 0 Å². The van der Waals surface area contributed by atoms with Crippen molar-refractivity contribution in [1.82, 2.24) is 4.31 Å². The fourth-order valence-electron chi connectivity index (χ4n) is 4.55. The molecule has 0 radical (unpaired) electrons. The lowest BCUT2D eigenvalue weighted by molar-refractivity contribution is -0.115. The van der Waals surface area contributed by atoms with E-state index in [0.717, 1.165) is 42.1 Å². The van der Waals surface area contributed by atoms with Crippen LogP contribution in [0.3, 0.4) is 0 Å². The van der Waals surface area contributed by atoms with Crippen molar-refractivity contribution in [3.05, 3.63) is 120 Å². The van der Waals surface area contributed by atoms with Crippen LogP contribution in [0.2, 0.25) is 0 Å². The lowest BCUT2D eigenvalue weighted by atomic mass is 10.1. The summed E-state index contributed by atoms with van der Waals surface area (Å²) in [6.45, 7) is 9.00. The molecule has 0 spiro atoms. The van der Waals surface area contributed by atoms with Gasteiger partial charge in [0.1, 0.15) is 23.4 Å². The van der Waals surface area contributed by atoms with E-state index in [1.807, 2.05) is 60.7 Å². The monoisotopic (exact) mass is 579 g/mol. The van der Waals surface area contributed by atoms with E-state index in [0.29, 0.717) is 17.2 Å². The highest BCUT2D eigenvalue weighted by Crippen LogP contribution is 2.31. The van der Waals surface area contributed by atoms with Crippen molar-refractivity contribution in [2.24, 2.45) is 0 Å². The first-order valence-electron chi connectivity index (χ1n) is 13.5. The van der Waals surface area contributed by atoms with Gasteiger partial charge in [-0.3, -0.25) is 4.79 Å². The van der Waals surface area contributed by atoms with E-state index in [-0.39, 0.29) is 29.7 Å². The van der Waals surface area contributed by atoms with Gasteiger partial charge in [0.15, 0.2) is 5.69 Å². The van der Waals surface area contributed by atoms with E-state index in [2.05, 4.69) is 14.5 Å². The van der Waals surface area contributed by atoms with Crippen molar-refractivity contribution in [2.45, 2.75) is 30.3 Å². The molecule has 0 bridgehead atoms. The molecule has 1 heterocycles. The maximum atomic E-state index is 12.5. The molecular weight excluding hydrogens is 550 g/mol. The topological polar surface area (TPSA) is 92.5 Å². The molecule has 212 valence electrons. The van der Waals surface area contributed by atoms with Crippen LogP contribution in [0.5, 0.6) is 17.2 Å². The molecule has 9 heteroatoms. The average Bonchev–Trinajstić information content (AvgIpc) is 3.00. The number of nitrogens with zero attached hydrogens (tertiary/aromatic N) is 2. The number of hydrogen-bond donors (Lipinski definition) is 2. The fourth-order valence-corrected chi connectivity index (χ4v) is 5.55. The van der Waals surface area contributed by atoms with Gasteiger partial charge in [-0.05, 0) is 91.0 Å². The van der Waals surface area contributed by atoms with Gasteiger partial charge in [0.2, 0.25) is 5.91 Å². The van der Waals surface area contributed by atoms with E-state index in [1.165, 1.54) is 6.07 Å². The van der Waals surface area contributed by atoms with Crippen molar-refractivity contribution >= 4 is 35.2 Å². The largest absolute Gasteiger partial charge is 0.490 e. The summed E-state index contributed by atoms with van der Waals surface area (Å²) in [6.07, 6.45) is 2.09. The van der Waals surface area contributed by atoms with Crippen LogP contribution in [0.1, 0.15) is 28.8 Å². The van der Waals surface area contributed by atoms with E-state index in [4.69, 9.17) is 16.0 Å². The molecule has 0 aromatic heterocycles. The minimum absolute atomic E-state index is 0.0479. The number of nitrogens with one attached hydrogen (secondary N) is 1. The number of carboxylic acid groups (broad SMARTS) is 1. The zero-order valence-electron chi connectivity index (χ0n) is 22.7. The maximum absolute atomic E-state index is 12.5. The smallest absolute Gasteiger partial charge is 0.337 e. The lowest BCUT2D eigenvalue weighted by Gasteiger charge is -2.31. The predicted octanol–water partition coefficient (Wildman–Crippen LogP) is 7.46. The lowest BCUT2D eigenvalue weighted by Crippen LogP contribution is -2.34. The fraction of sp³-hybridized carbons (Fsp3) is 0.182. The minimum atomic E-state index is -1.09. The first kappa shape index (κ1) is 28.7. The van der Waals surface area contributed by atoms with E-state index in [1.54, 1.807) is 42.3 Å². The second kappa shape index (κ2) is 13.7. The van der Waals surface area contributed by atoms with Crippen LogP contribution in [-0.4, -0.2) is 40.5 Å². The number of hydrogen-bond acceptors (Lipinski definition) is 6. The Balaban J connectivity index is 1.07. The Morgan fingerprint density at radius 3 is 2.26 bits per heavy atom. The zero-order chi connectivity index (χ0) is 29.3. The van der Waals surface area contributed by atoms with Gasteiger partial charge in [0.05, 0.1) is 24.2 Å². The molecule has 42 heavy (non-hydrogen) atoms. The van der Waals surface area contributed by atoms with Crippen LogP contribution in [0.25, 0.3) is 4.85 Å². The van der Waals surface area contributed by atoms with Crippen LogP contribution in [0, 0.1) is 6.57 Å². The average molecular weight is 580 g/mol. The normalized spacial score (nSPS) is 13.6. The Kier molecular flexibility index (Phi) is 9.39. The van der Waals surface area contributed by atoms with Gasteiger partial charge in [-0.25, -0.2) is 13.9 Å². The van der Waals surface area contributed by atoms with Crippen LogP contribution in [0.15, 0.2) is 102 Å². The summed E-state index contributed by atoms with van der Waals surface area (Å²) in [7, 11) is 0. The second-order valence-corrected chi connectivity index (χ2v) is 10.9. The molecule has 5 rings (SSSR count). The number of benzene rings is 4. The highest BCUT2D eigenvalue weighted by Gasteiger charge is 2.21. The molecule has 4 aromatic carbocycles. The number of carbonyl (C=O) groups excluding carboxylic acids is 1. The molecule has 0 saturated carbocycles. The molecule has 1 amide bonds. The molecule has 1 fully saturated rings. The van der Waals surface area contributed by atoms with E-state index < -0.39 is 5.97 Å². The quantitative estimate of drug-likeness (QED) is 0.149. The molecule has 4 aromatic rings. The van der Waals surface area contributed by atoms with Crippen LogP contribution >= 0.6 is 11.9 Å². The van der Waals surface area contributed by atoms with Gasteiger partial charge in [0, 0.05) is 18.0 Å². The number of para-hydroxylation sites is 1. The van der Waals surface area contributed by atoms with Crippen LogP contribution in [0.4, 0.5) is 11.4 Å². The molecule has 2 N–H and O–H groups in total. The highest BCUT2D eigenvalue weighted by atomic mass is 32.2. The molecule has 8 nitrogen and oxygen atoms in total. The molecule has 0 atom stereocenters. The molecule has 1 saturated heterocycles.